The van der Waals surface area contributed by atoms with Crippen LogP contribution in [0.25, 0.3) is 0 Å². The summed E-state index contributed by atoms with van der Waals surface area (Å²) >= 11 is 6.17. The summed E-state index contributed by atoms with van der Waals surface area (Å²) in [5.41, 5.74) is 1.51. The number of rotatable bonds is 6. The van der Waals surface area contributed by atoms with Crippen molar-refractivity contribution in [3.05, 3.63) is 28.8 Å². The molecule has 1 aromatic carbocycles. The number of carbonyl (C=O) groups excluding carboxylic acids is 1. The first kappa shape index (κ1) is 21.4. The SMILES string of the molecule is N#CCC(=O)N[C@H]1CC[C@H](CCN2CCN(c3cccc(Cl)c3C#N)CC2)CC1. The van der Waals surface area contributed by atoms with E-state index in [4.69, 9.17) is 16.9 Å². The van der Waals surface area contributed by atoms with Crippen molar-refractivity contribution < 1.29 is 4.79 Å². The normalized spacial score (nSPS) is 22.5. The molecule has 1 heterocycles. The van der Waals surface area contributed by atoms with Gasteiger partial charge in [0.2, 0.25) is 5.91 Å². The molecule has 0 aromatic heterocycles. The second-order valence-electron chi connectivity index (χ2n) is 7.98. The quantitative estimate of drug-likeness (QED) is 0.773. The molecule has 1 aliphatic heterocycles. The second kappa shape index (κ2) is 10.5. The van der Waals surface area contributed by atoms with Gasteiger partial charge in [0.1, 0.15) is 12.5 Å². The molecule has 6 nitrogen and oxygen atoms in total. The third-order valence-electron chi connectivity index (χ3n) is 6.12. The fourth-order valence-corrected chi connectivity index (χ4v) is 4.62. The summed E-state index contributed by atoms with van der Waals surface area (Å²) in [5, 5.41) is 21.5. The van der Waals surface area contributed by atoms with Crippen LogP contribution >= 0.6 is 11.6 Å². The predicted molar refractivity (Wildman–Crippen MR) is 114 cm³/mol. The van der Waals surface area contributed by atoms with Crippen molar-refractivity contribution in [1.29, 1.82) is 10.5 Å². The summed E-state index contributed by atoms with van der Waals surface area (Å²) < 4.78 is 0. The largest absolute Gasteiger partial charge is 0.368 e. The van der Waals surface area contributed by atoms with Crippen LogP contribution in [0.4, 0.5) is 5.69 Å². The van der Waals surface area contributed by atoms with Crippen LogP contribution in [0.2, 0.25) is 5.02 Å². The minimum Gasteiger partial charge on any atom is -0.368 e. The first-order chi connectivity index (χ1) is 14.1. The second-order valence-corrected chi connectivity index (χ2v) is 8.39. The minimum atomic E-state index is -0.145. The third-order valence-corrected chi connectivity index (χ3v) is 6.44. The molecule has 2 aliphatic rings. The summed E-state index contributed by atoms with van der Waals surface area (Å²) in [7, 11) is 0. The Morgan fingerprint density at radius 2 is 1.86 bits per heavy atom. The zero-order valence-corrected chi connectivity index (χ0v) is 17.5. The summed E-state index contributed by atoms with van der Waals surface area (Å²) in [4.78, 5) is 16.3. The summed E-state index contributed by atoms with van der Waals surface area (Å²) in [6.45, 7) is 4.91. The number of hydrogen-bond acceptors (Lipinski definition) is 5. The lowest BCUT2D eigenvalue weighted by Gasteiger charge is -2.37. The lowest BCUT2D eigenvalue weighted by Crippen LogP contribution is -2.47. The van der Waals surface area contributed by atoms with E-state index in [0.717, 1.165) is 70.0 Å². The van der Waals surface area contributed by atoms with E-state index >= 15 is 0 Å². The molecule has 3 rings (SSSR count). The maximum Gasteiger partial charge on any atom is 0.234 e. The van der Waals surface area contributed by atoms with E-state index in [-0.39, 0.29) is 18.4 Å². The Kier molecular flexibility index (Phi) is 7.75. The lowest BCUT2D eigenvalue weighted by atomic mass is 9.84. The van der Waals surface area contributed by atoms with Crippen molar-refractivity contribution in [3.63, 3.8) is 0 Å². The number of halogens is 1. The van der Waals surface area contributed by atoms with Gasteiger partial charge < -0.3 is 10.2 Å². The molecule has 0 bridgehead atoms. The van der Waals surface area contributed by atoms with Gasteiger partial charge in [-0.2, -0.15) is 10.5 Å². The summed E-state index contributed by atoms with van der Waals surface area (Å²) in [6, 6.07) is 10.0. The van der Waals surface area contributed by atoms with Gasteiger partial charge >= 0.3 is 0 Å². The van der Waals surface area contributed by atoms with Gasteiger partial charge in [0, 0.05) is 32.2 Å². The maximum absolute atomic E-state index is 11.5. The number of nitrogens with zero attached hydrogens (tertiary/aromatic N) is 4. The molecule has 29 heavy (non-hydrogen) atoms. The van der Waals surface area contributed by atoms with Crippen LogP contribution in [0.15, 0.2) is 18.2 Å². The van der Waals surface area contributed by atoms with Gasteiger partial charge in [-0.15, -0.1) is 0 Å². The maximum atomic E-state index is 11.5. The van der Waals surface area contributed by atoms with E-state index in [1.54, 1.807) is 6.07 Å². The highest BCUT2D eigenvalue weighted by Gasteiger charge is 2.24. The van der Waals surface area contributed by atoms with Crippen LogP contribution in [-0.2, 0) is 4.79 Å². The van der Waals surface area contributed by atoms with Crippen molar-refractivity contribution in [2.75, 3.05) is 37.6 Å². The van der Waals surface area contributed by atoms with E-state index in [2.05, 4.69) is 21.2 Å². The van der Waals surface area contributed by atoms with Crippen molar-refractivity contribution in [2.24, 2.45) is 5.92 Å². The first-order valence-corrected chi connectivity index (χ1v) is 10.8. The highest BCUT2D eigenvalue weighted by molar-refractivity contribution is 6.32. The first-order valence-electron chi connectivity index (χ1n) is 10.4. The number of benzene rings is 1. The van der Waals surface area contributed by atoms with Crippen LogP contribution in [-0.4, -0.2) is 49.6 Å². The Bertz CT molecular complexity index is 783. The van der Waals surface area contributed by atoms with Gasteiger partial charge in [-0.25, -0.2) is 0 Å². The Morgan fingerprint density at radius 3 is 2.52 bits per heavy atom. The van der Waals surface area contributed by atoms with Crippen molar-refractivity contribution in [2.45, 2.75) is 44.6 Å². The number of nitriles is 2. The van der Waals surface area contributed by atoms with Crippen LogP contribution in [0.3, 0.4) is 0 Å². The van der Waals surface area contributed by atoms with Crippen molar-refractivity contribution in [3.8, 4) is 12.1 Å². The average molecular weight is 414 g/mol. The molecule has 0 radical (unpaired) electrons. The van der Waals surface area contributed by atoms with Gasteiger partial charge in [-0.1, -0.05) is 17.7 Å². The lowest BCUT2D eigenvalue weighted by molar-refractivity contribution is -0.121. The van der Waals surface area contributed by atoms with Crippen LogP contribution < -0.4 is 10.2 Å². The summed E-state index contributed by atoms with van der Waals surface area (Å²) in [5.74, 6) is 0.573. The van der Waals surface area contributed by atoms with Crippen molar-refractivity contribution in [1.82, 2.24) is 10.2 Å². The Hall–Kier alpha value is -2.28. The standard InChI is InChI=1S/C22H28ClN5O/c23-20-2-1-3-21(19(20)16-25)28-14-12-27(13-15-28)11-9-17-4-6-18(7-5-17)26-22(29)8-10-24/h1-3,17-18H,4-9,11-15H2,(H,26,29)/t17-,18-. The van der Waals surface area contributed by atoms with Crippen LogP contribution in [0, 0.1) is 28.6 Å². The molecule has 0 atom stereocenters. The molecule has 1 saturated heterocycles. The number of nitrogens with one attached hydrogen (secondary N) is 1. The van der Waals surface area contributed by atoms with Gasteiger partial charge in [0.15, 0.2) is 0 Å². The predicted octanol–water partition coefficient (Wildman–Crippen LogP) is 3.31. The third kappa shape index (κ3) is 5.85. The number of amides is 1. The fraction of sp³-hybridized carbons (Fsp3) is 0.591. The van der Waals surface area contributed by atoms with Gasteiger partial charge in [0.25, 0.3) is 0 Å². The monoisotopic (exact) mass is 413 g/mol. The Labute approximate surface area is 178 Å². The molecule has 7 heteroatoms. The van der Waals surface area contributed by atoms with Gasteiger partial charge in [-0.3, -0.25) is 9.69 Å². The summed E-state index contributed by atoms with van der Waals surface area (Å²) in [6.07, 6.45) is 5.47. The van der Waals surface area contributed by atoms with E-state index in [1.807, 2.05) is 18.2 Å². The highest BCUT2D eigenvalue weighted by Crippen LogP contribution is 2.29. The molecular formula is C22H28ClN5O. The molecule has 1 aliphatic carbocycles. The number of hydrogen-bond donors (Lipinski definition) is 1. The Morgan fingerprint density at radius 1 is 1.14 bits per heavy atom. The average Bonchev–Trinajstić information content (AvgIpc) is 2.73. The van der Waals surface area contributed by atoms with E-state index in [0.29, 0.717) is 10.6 Å². The molecule has 1 amide bonds. The number of piperazine rings is 1. The fourth-order valence-electron chi connectivity index (χ4n) is 4.41. The van der Waals surface area contributed by atoms with Crippen LogP contribution in [0.5, 0.6) is 0 Å². The van der Waals surface area contributed by atoms with E-state index in [1.165, 1.54) is 6.42 Å². The molecule has 0 unspecified atom stereocenters. The smallest absolute Gasteiger partial charge is 0.234 e. The zero-order chi connectivity index (χ0) is 20.6. The molecule has 1 N–H and O–H groups in total. The topological polar surface area (TPSA) is 83.2 Å². The zero-order valence-electron chi connectivity index (χ0n) is 16.7. The molecule has 0 spiro atoms. The van der Waals surface area contributed by atoms with Crippen LogP contribution in [0.1, 0.15) is 44.1 Å². The highest BCUT2D eigenvalue weighted by atomic mass is 35.5. The Balaban J connectivity index is 1.38. The molecule has 1 aromatic rings. The molecule has 154 valence electrons. The van der Waals surface area contributed by atoms with E-state index < -0.39 is 0 Å². The van der Waals surface area contributed by atoms with Gasteiger partial charge in [0.05, 0.1) is 22.3 Å². The van der Waals surface area contributed by atoms with E-state index in [9.17, 15) is 10.1 Å². The molecule has 2 fully saturated rings. The van der Waals surface area contributed by atoms with Crippen molar-refractivity contribution >= 4 is 23.2 Å². The molecule has 1 saturated carbocycles. The number of carbonyl (C=O) groups is 1. The molecular weight excluding hydrogens is 386 g/mol. The number of anilines is 1. The van der Waals surface area contributed by atoms with Gasteiger partial charge in [-0.05, 0) is 56.7 Å². The minimum absolute atomic E-state index is 0.0447.